The Balaban J connectivity index is 1.76. The van der Waals surface area contributed by atoms with E-state index in [4.69, 9.17) is 0 Å². The van der Waals surface area contributed by atoms with E-state index in [1.165, 1.54) is 0 Å². The molecular weight excluding hydrogens is 312 g/mol. The van der Waals surface area contributed by atoms with Gasteiger partial charge in [0.25, 0.3) is 0 Å². The van der Waals surface area contributed by atoms with Gasteiger partial charge in [0.05, 0.1) is 16.8 Å². The van der Waals surface area contributed by atoms with Crippen LogP contribution in [0.25, 0.3) is 0 Å². The van der Waals surface area contributed by atoms with Gasteiger partial charge in [-0.15, -0.1) is 0 Å². The number of nitrogens with zero attached hydrogens (tertiary/aromatic N) is 4. The summed E-state index contributed by atoms with van der Waals surface area (Å²) in [5.74, 6) is 0.809. The van der Waals surface area contributed by atoms with Crippen LogP contribution in [0.3, 0.4) is 0 Å². The van der Waals surface area contributed by atoms with Gasteiger partial charge in [0, 0.05) is 32.4 Å². The van der Waals surface area contributed by atoms with Crippen LogP contribution >= 0.6 is 0 Å². The zero-order valence-electron chi connectivity index (χ0n) is 13.1. The van der Waals surface area contributed by atoms with Gasteiger partial charge >= 0.3 is 0 Å². The Morgan fingerprint density at radius 2 is 1.78 bits per heavy atom. The molecule has 1 saturated heterocycles. The van der Waals surface area contributed by atoms with Crippen LogP contribution in [0, 0.1) is 6.92 Å². The second-order valence-corrected chi connectivity index (χ2v) is 7.51. The van der Waals surface area contributed by atoms with Crippen molar-refractivity contribution in [2.75, 3.05) is 31.1 Å². The van der Waals surface area contributed by atoms with E-state index in [9.17, 15) is 8.42 Å². The average molecular weight is 332 g/mol. The maximum absolute atomic E-state index is 12.7. The third-order valence-electron chi connectivity index (χ3n) is 3.90. The minimum Gasteiger partial charge on any atom is -0.354 e. The lowest BCUT2D eigenvalue weighted by atomic mass is 10.4. The average Bonchev–Trinajstić information content (AvgIpc) is 2.82. The van der Waals surface area contributed by atoms with Crippen LogP contribution in [0.1, 0.15) is 12.1 Å². The largest absolute Gasteiger partial charge is 0.354 e. The third kappa shape index (κ3) is 3.51. The van der Waals surface area contributed by atoms with E-state index in [0.717, 1.165) is 24.5 Å². The Labute approximate surface area is 136 Å². The monoisotopic (exact) mass is 332 g/mol. The number of aromatic nitrogens is 2. The molecular formula is C16H20N4O2S. The van der Waals surface area contributed by atoms with Gasteiger partial charge in [-0.1, -0.05) is 18.2 Å². The Bertz CT molecular complexity index is 765. The standard InChI is InChI=1S/C16H20N4O2S/c1-14-12-17-13-16(18-14)19-8-5-9-20(11-10-19)23(21,22)15-6-3-2-4-7-15/h2-4,6-7,12-13H,5,8-11H2,1H3. The van der Waals surface area contributed by atoms with Crippen molar-refractivity contribution in [3.63, 3.8) is 0 Å². The summed E-state index contributed by atoms with van der Waals surface area (Å²) in [4.78, 5) is 11.1. The highest BCUT2D eigenvalue weighted by molar-refractivity contribution is 7.89. The first-order valence-corrected chi connectivity index (χ1v) is 9.10. The molecule has 0 bridgehead atoms. The molecule has 3 rings (SSSR count). The fraction of sp³-hybridized carbons (Fsp3) is 0.375. The molecule has 0 atom stereocenters. The van der Waals surface area contributed by atoms with Crippen molar-refractivity contribution in [1.82, 2.24) is 14.3 Å². The van der Waals surface area contributed by atoms with Gasteiger partial charge in [-0.2, -0.15) is 4.31 Å². The summed E-state index contributed by atoms with van der Waals surface area (Å²) in [5, 5.41) is 0. The van der Waals surface area contributed by atoms with Crippen LogP contribution in [0.4, 0.5) is 5.82 Å². The molecule has 7 heteroatoms. The first kappa shape index (κ1) is 15.9. The van der Waals surface area contributed by atoms with Crippen LogP contribution < -0.4 is 4.90 Å². The van der Waals surface area contributed by atoms with E-state index in [2.05, 4.69) is 14.9 Å². The summed E-state index contributed by atoms with van der Waals surface area (Å²) in [5.41, 5.74) is 0.862. The first-order valence-electron chi connectivity index (χ1n) is 7.66. The number of hydrogen-bond donors (Lipinski definition) is 0. The van der Waals surface area contributed by atoms with Crippen LogP contribution in [-0.4, -0.2) is 48.9 Å². The zero-order chi connectivity index (χ0) is 16.3. The zero-order valence-corrected chi connectivity index (χ0v) is 13.9. The van der Waals surface area contributed by atoms with Crippen molar-refractivity contribution in [2.24, 2.45) is 0 Å². The van der Waals surface area contributed by atoms with E-state index in [1.54, 1.807) is 41.0 Å². The molecule has 1 aliphatic heterocycles. The molecule has 0 radical (unpaired) electrons. The lowest BCUT2D eigenvalue weighted by Gasteiger charge is -2.22. The Kier molecular flexibility index (Phi) is 4.58. The van der Waals surface area contributed by atoms with Crippen molar-refractivity contribution < 1.29 is 8.42 Å². The molecule has 0 unspecified atom stereocenters. The number of benzene rings is 1. The molecule has 23 heavy (non-hydrogen) atoms. The van der Waals surface area contributed by atoms with Crippen molar-refractivity contribution in [2.45, 2.75) is 18.2 Å². The van der Waals surface area contributed by atoms with Gasteiger partial charge in [-0.05, 0) is 25.5 Å². The number of hydrogen-bond acceptors (Lipinski definition) is 5. The highest BCUT2D eigenvalue weighted by Crippen LogP contribution is 2.19. The molecule has 0 spiro atoms. The topological polar surface area (TPSA) is 66.4 Å². The molecule has 6 nitrogen and oxygen atoms in total. The van der Waals surface area contributed by atoms with Gasteiger partial charge in [0.2, 0.25) is 10.0 Å². The summed E-state index contributed by atoms with van der Waals surface area (Å²) in [6.07, 6.45) is 4.21. The lowest BCUT2D eigenvalue weighted by molar-refractivity contribution is 0.433. The Morgan fingerprint density at radius 1 is 1.00 bits per heavy atom. The summed E-state index contributed by atoms with van der Waals surface area (Å²) in [6, 6.07) is 8.60. The highest BCUT2D eigenvalue weighted by Gasteiger charge is 2.27. The molecule has 1 aromatic carbocycles. The van der Waals surface area contributed by atoms with Crippen molar-refractivity contribution >= 4 is 15.8 Å². The SMILES string of the molecule is Cc1cncc(N2CCCN(S(=O)(=O)c3ccccc3)CC2)n1. The molecule has 1 fully saturated rings. The van der Waals surface area contributed by atoms with E-state index in [-0.39, 0.29) is 0 Å². The quantitative estimate of drug-likeness (QED) is 0.856. The van der Waals surface area contributed by atoms with Crippen molar-refractivity contribution in [3.05, 3.63) is 48.4 Å². The Hall–Kier alpha value is -1.99. The Morgan fingerprint density at radius 3 is 2.52 bits per heavy atom. The molecule has 0 saturated carbocycles. The van der Waals surface area contributed by atoms with Crippen molar-refractivity contribution in [1.29, 1.82) is 0 Å². The molecule has 1 aliphatic rings. The van der Waals surface area contributed by atoms with Crippen LogP contribution in [0.15, 0.2) is 47.6 Å². The summed E-state index contributed by atoms with van der Waals surface area (Å²) >= 11 is 0. The third-order valence-corrected chi connectivity index (χ3v) is 5.81. The first-order chi connectivity index (χ1) is 11.1. The van der Waals surface area contributed by atoms with Gasteiger partial charge in [-0.3, -0.25) is 4.98 Å². The van der Waals surface area contributed by atoms with Gasteiger partial charge in [-0.25, -0.2) is 13.4 Å². The minimum atomic E-state index is -3.43. The van der Waals surface area contributed by atoms with Crippen LogP contribution in [0.5, 0.6) is 0 Å². The maximum atomic E-state index is 12.7. The van der Waals surface area contributed by atoms with E-state index in [1.807, 2.05) is 13.0 Å². The van der Waals surface area contributed by atoms with Crippen LogP contribution in [-0.2, 0) is 10.0 Å². The van der Waals surface area contributed by atoms with E-state index in [0.29, 0.717) is 24.5 Å². The summed E-state index contributed by atoms with van der Waals surface area (Å²) < 4.78 is 27.0. The van der Waals surface area contributed by atoms with E-state index < -0.39 is 10.0 Å². The predicted octanol–water partition coefficient (Wildman–Crippen LogP) is 1.69. The van der Waals surface area contributed by atoms with Gasteiger partial charge in [0.15, 0.2) is 0 Å². The minimum absolute atomic E-state index is 0.351. The normalized spacial score (nSPS) is 17.0. The number of rotatable bonds is 3. The molecule has 2 aromatic rings. The number of anilines is 1. The highest BCUT2D eigenvalue weighted by atomic mass is 32.2. The predicted molar refractivity (Wildman–Crippen MR) is 88.8 cm³/mol. The second-order valence-electron chi connectivity index (χ2n) is 5.58. The van der Waals surface area contributed by atoms with E-state index >= 15 is 0 Å². The number of aryl methyl sites for hydroxylation is 1. The molecule has 122 valence electrons. The summed E-state index contributed by atoms with van der Waals surface area (Å²) in [6.45, 7) is 4.27. The molecule has 2 heterocycles. The lowest BCUT2D eigenvalue weighted by Crippen LogP contribution is -2.35. The molecule has 0 aliphatic carbocycles. The molecule has 1 aromatic heterocycles. The smallest absolute Gasteiger partial charge is 0.243 e. The van der Waals surface area contributed by atoms with Gasteiger partial charge < -0.3 is 4.90 Å². The fourth-order valence-corrected chi connectivity index (χ4v) is 4.20. The maximum Gasteiger partial charge on any atom is 0.243 e. The summed E-state index contributed by atoms with van der Waals surface area (Å²) in [7, 11) is -3.43. The fourth-order valence-electron chi connectivity index (χ4n) is 2.71. The van der Waals surface area contributed by atoms with Crippen LogP contribution in [0.2, 0.25) is 0 Å². The second kappa shape index (κ2) is 6.64. The number of sulfonamides is 1. The molecule has 0 amide bonds. The molecule has 0 N–H and O–H groups in total. The van der Waals surface area contributed by atoms with Gasteiger partial charge in [0.1, 0.15) is 5.82 Å². The van der Waals surface area contributed by atoms with Crippen molar-refractivity contribution in [3.8, 4) is 0 Å².